The minimum absolute atomic E-state index is 0.866. The van der Waals surface area contributed by atoms with Crippen molar-refractivity contribution >= 4 is 19.8 Å². The molecule has 2 nitrogen and oxygen atoms in total. The standard InChI is InChI=1S/C19H18N2Si/c1-5-16-8-12-18(13-9-16)20-22(4,7-3)21-19-14-10-17(6-2)11-15-19/h1-2,7-15,20-21H,3H2,4H3. The first-order valence-corrected chi connectivity index (χ1v) is 9.49. The maximum absolute atomic E-state index is 5.37. The first-order valence-electron chi connectivity index (χ1n) is 6.92. The lowest BCUT2D eigenvalue weighted by molar-refractivity contribution is 1.53. The molecule has 0 aromatic heterocycles. The minimum atomic E-state index is -2.10. The highest BCUT2D eigenvalue weighted by Gasteiger charge is 2.24. The van der Waals surface area contributed by atoms with E-state index in [4.69, 9.17) is 12.8 Å². The van der Waals surface area contributed by atoms with Gasteiger partial charge in [-0.25, -0.2) is 0 Å². The Bertz CT molecular complexity index is 671. The lowest BCUT2D eigenvalue weighted by Crippen LogP contribution is -2.47. The number of terminal acetylenes is 2. The van der Waals surface area contributed by atoms with E-state index >= 15 is 0 Å². The Morgan fingerprint density at radius 1 is 0.864 bits per heavy atom. The molecule has 0 aliphatic carbocycles. The van der Waals surface area contributed by atoms with Crippen LogP contribution in [0.1, 0.15) is 11.1 Å². The van der Waals surface area contributed by atoms with Gasteiger partial charge in [-0.05, 0) is 55.1 Å². The van der Waals surface area contributed by atoms with Crippen molar-refractivity contribution in [2.24, 2.45) is 0 Å². The van der Waals surface area contributed by atoms with E-state index in [1.165, 1.54) is 0 Å². The summed E-state index contributed by atoms with van der Waals surface area (Å²) >= 11 is 0. The van der Waals surface area contributed by atoms with Crippen LogP contribution in [0.25, 0.3) is 0 Å². The van der Waals surface area contributed by atoms with Crippen LogP contribution in [0.4, 0.5) is 11.4 Å². The number of hydrogen-bond acceptors (Lipinski definition) is 2. The van der Waals surface area contributed by atoms with E-state index in [0.29, 0.717) is 0 Å². The average Bonchev–Trinajstić information content (AvgIpc) is 2.56. The highest BCUT2D eigenvalue weighted by molar-refractivity contribution is 6.88. The molecule has 0 spiro atoms. The van der Waals surface area contributed by atoms with Crippen molar-refractivity contribution in [2.75, 3.05) is 9.96 Å². The molecule has 2 aromatic rings. The largest absolute Gasteiger partial charge is 0.391 e. The molecule has 22 heavy (non-hydrogen) atoms. The van der Waals surface area contributed by atoms with E-state index in [1.54, 1.807) is 0 Å². The van der Waals surface area contributed by atoms with Gasteiger partial charge < -0.3 is 9.96 Å². The normalized spacial score (nSPS) is 10.1. The van der Waals surface area contributed by atoms with Gasteiger partial charge in [0.2, 0.25) is 0 Å². The molecule has 2 rings (SSSR count). The van der Waals surface area contributed by atoms with Gasteiger partial charge in [0.1, 0.15) is 0 Å². The maximum Gasteiger partial charge on any atom is 0.281 e. The Hall–Kier alpha value is -2.88. The van der Waals surface area contributed by atoms with Crippen LogP contribution >= 0.6 is 0 Å². The average molecular weight is 302 g/mol. The molecule has 0 heterocycles. The molecule has 3 heteroatoms. The zero-order chi connectivity index (χ0) is 16.0. The van der Waals surface area contributed by atoms with Gasteiger partial charge in [-0.2, -0.15) is 0 Å². The predicted octanol–water partition coefficient (Wildman–Crippen LogP) is 3.97. The summed E-state index contributed by atoms with van der Waals surface area (Å²) in [5.41, 5.74) is 5.72. The van der Waals surface area contributed by atoms with Crippen LogP contribution in [0, 0.1) is 24.7 Å². The van der Waals surface area contributed by atoms with E-state index in [0.717, 1.165) is 22.5 Å². The Morgan fingerprint density at radius 2 is 1.23 bits per heavy atom. The van der Waals surface area contributed by atoms with Gasteiger partial charge in [0, 0.05) is 22.5 Å². The van der Waals surface area contributed by atoms with E-state index in [1.807, 2.05) is 54.2 Å². The van der Waals surface area contributed by atoms with Gasteiger partial charge >= 0.3 is 0 Å². The second kappa shape index (κ2) is 6.71. The van der Waals surface area contributed by atoms with Crippen LogP contribution in [0.15, 0.2) is 60.8 Å². The van der Waals surface area contributed by atoms with E-state index in [2.05, 4.69) is 34.9 Å². The first kappa shape index (κ1) is 15.5. The molecule has 0 aliphatic heterocycles. The second-order valence-electron chi connectivity index (χ2n) is 5.10. The van der Waals surface area contributed by atoms with Gasteiger partial charge in [-0.1, -0.05) is 17.5 Å². The molecule has 108 valence electrons. The highest BCUT2D eigenvalue weighted by Crippen LogP contribution is 2.18. The maximum atomic E-state index is 5.37. The van der Waals surface area contributed by atoms with Crippen molar-refractivity contribution in [3.05, 3.63) is 71.9 Å². The van der Waals surface area contributed by atoms with Crippen LogP contribution in [0.5, 0.6) is 0 Å². The van der Waals surface area contributed by atoms with E-state index in [9.17, 15) is 0 Å². The molecule has 0 aliphatic rings. The van der Waals surface area contributed by atoms with Gasteiger partial charge in [-0.15, -0.1) is 19.4 Å². The number of benzene rings is 2. The molecule has 0 amide bonds. The number of anilines is 2. The van der Waals surface area contributed by atoms with E-state index < -0.39 is 8.40 Å². The van der Waals surface area contributed by atoms with Crippen LogP contribution in [0.3, 0.4) is 0 Å². The number of nitrogens with one attached hydrogen (secondary N) is 2. The molecule has 2 N–H and O–H groups in total. The molecule has 0 bridgehead atoms. The van der Waals surface area contributed by atoms with Gasteiger partial charge in [0.25, 0.3) is 8.40 Å². The summed E-state index contributed by atoms with van der Waals surface area (Å²) in [4.78, 5) is 7.07. The Morgan fingerprint density at radius 3 is 1.50 bits per heavy atom. The molecule has 0 radical (unpaired) electrons. The molecule has 0 fully saturated rings. The molecule has 2 aromatic carbocycles. The van der Waals surface area contributed by atoms with Gasteiger partial charge in [-0.3, -0.25) is 0 Å². The molecular formula is C19H18N2Si. The molecule has 0 unspecified atom stereocenters. The molecule has 0 atom stereocenters. The van der Waals surface area contributed by atoms with Gasteiger partial charge in [0.05, 0.1) is 0 Å². The zero-order valence-electron chi connectivity index (χ0n) is 12.6. The Balaban J connectivity index is 2.14. The molecule has 0 saturated heterocycles. The molecular weight excluding hydrogens is 284 g/mol. The molecule has 0 saturated carbocycles. The summed E-state index contributed by atoms with van der Waals surface area (Å²) in [7, 11) is -2.10. The number of hydrogen-bond donors (Lipinski definition) is 2. The third kappa shape index (κ3) is 3.82. The van der Waals surface area contributed by atoms with Crippen LogP contribution < -0.4 is 9.96 Å². The lowest BCUT2D eigenvalue weighted by atomic mass is 10.2. The summed E-state index contributed by atoms with van der Waals surface area (Å²) in [6.07, 6.45) is 10.7. The fourth-order valence-corrected chi connectivity index (χ4v) is 3.83. The summed E-state index contributed by atoms with van der Waals surface area (Å²) < 4.78 is 0. The predicted molar refractivity (Wildman–Crippen MR) is 97.8 cm³/mol. The van der Waals surface area contributed by atoms with Crippen molar-refractivity contribution in [1.82, 2.24) is 0 Å². The topological polar surface area (TPSA) is 24.1 Å². The second-order valence-corrected chi connectivity index (χ2v) is 8.41. The number of rotatable bonds is 5. The lowest BCUT2D eigenvalue weighted by Gasteiger charge is -2.27. The quantitative estimate of drug-likeness (QED) is 0.645. The highest BCUT2D eigenvalue weighted by atomic mass is 28.3. The minimum Gasteiger partial charge on any atom is -0.391 e. The van der Waals surface area contributed by atoms with Crippen LogP contribution in [-0.2, 0) is 0 Å². The third-order valence-electron chi connectivity index (χ3n) is 3.32. The van der Waals surface area contributed by atoms with Gasteiger partial charge in [0.15, 0.2) is 0 Å². The van der Waals surface area contributed by atoms with Crippen molar-refractivity contribution in [2.45, 2.75) is 6.55 Å². The fraction of sp³-hybridized carbons (Fsp3) is 0.0526. The zero-order valence-corrected chi connectivity index (χ0v) is 13.6. The van der Waals surface area contributed by atoms with Crippen molar-refractivity contribution in [3.63, 3.8) is 0 Å². The van der Waals surface area contributed by atoms with Crippen molar-refractivity contribution in [3.8, 4) is 24.7 Å². The fourth-order valence-electron chi connectivity index (χ4n) is 2.03. The summed E-state index contributed by atoms with van der Waals surface area (Å²) in [6.45, 7) is 6.11. The Kier molecular flexibility index (Phi) is 4.73. The monoisotopic (exact) mass is 302 g/mol. The van der Waals surface area contributed by atoms with Crippen LogP contribution in [-0.4, -0.2) is 8.40 Å². The SMILES string of the molecule is C#Cc1ccc(N[Si](C)(C=C)Nc2ccc(C#C)cc2)cc1. The van der Waals surface area contributed by atoms with Crippen LogP contribution in [0.2, 0.25) is 6.55 Å². The van der Waals surface area contributed by atoms with Crippen molar-refractivity contribution in [1.29, 1.82) is 0 Å². The van der Waals surface area contributed by atoms with Crippen molar-refractivity contribution < 1.29 is 0 Å². The Labute approximate surface area is 133 Å². The first-order chi connectivity index (χ1) is 10.6. The summed E-state index contributed by atoms with van der Waals surface area (Å²) in [5.74, 6) is 5.23. The third-order valence-corrected chi connectivity index (χ3v) is 5.75. The summed E-state index contributed by atoms with van der Waals surface area (Å²) in [6, 6.07) is 15.6. The van der Waals surface area contributed by atoms with E-state index in [-0.39, 0.29) is 0 Å². The smallest absolute Gasteiger partial charge is 0.281 e. The summed E-state index contributed by atoms with van der Waals surface area (Å²) in [5, 5.41) is 0.